The Balaban J connectivity index is 1.40. The largest absolute Gasteiger partial charge is 0.309 e. The monoisotopic (exact) mass is 527 g/mol. The molecule has 8 rings (SSSR count). The number of hydrogen-bond acceptors (Lipinski definition) is 2. The summed E-state index contributed by atoms with van der Waals surface area (Å²) in [5.41, 5.74) is 5.94. The molecule has 0 N–H and O–H groups in total. The Morgan fingerprint density at radius 1 is 0.400 bits per heavy atom. The molecule has 0 atom stereocenters. The molecular weight excluding hydrogens is 502 g/mol. The van der Waals surface area contributed by atoms with Crippen LogP contribution < -0.4 is 4.90 Å². The molecule has 1 heterocycles. The van der Waals surface area contributed by atoms with Crippen molar-refractivity contribution < 1.29 is 0 Å². The lowest BCUT2D eigenvalue weighted by atomic mass is 9.99. The van der Waals surface area contributed by atoms with E-state index < -0.39 is 0 Å². The van der Waals surface area contributed by atoms with Gasteiger partial charge in [0.15, 0.2) is 0 Å². The molecule has 0 aliphatic heterocycles. The number of thiophene rings is 1. The highest BCUT2D eigenvalue weighted by Crippen LogP contribution is 2.46. The quantitative estimate of drug-likeness (QED) is 0.220. The van der Waals surface area contributed by atoms with Crippen LogP contribution in [0, 0.1) is 0 Å². The SMILES string of the molecule is c1cc(-c2ccc3ccccc3c2)cc(N(c2cccc3ccccc23)c2cccc3sc4ccccc4c23)c1. The van der Waals surface area contributed by atoms with E-state index in [1.165, 1.54) is 64.2 Å². The van der Waals surface area contributed by atoms with Gasteiger partial charge in [0, 0.05) is 31.2 Å². The van der Waals surface area contributed by atoms with Crippen LogP contribution in [0.5, 0.6) is 0 Å². The normalized spacial score (nSPS) is 11.5. The Morgan fingerprint density at radius 3 is 1.98 bits per heavy atom. The zero-order chi connectivity index (χ0) is 26.5. The van der Waals surface area contributed by atoms with Crippen LogP contribution in [-0.2, 0) is 0 Å². The van der Waals surface area contributed by atoms with Gasteiger partial charge in [0.05, 0.1) is 11.4 Å². The minimum absolute atomic E-state index is 1.14. The van der Waals surface area contributed by atoms with Crippen molar-refractivity contribution in [3.8, 4) is 11.1 Å². The fourth-order valence-corrected chi connectivity index (χ4v) is 7.07. The first-order chi connectivity index (χ1) is 19.8. The maximum atomic E-state index is 2.45. The van der Waals surface area contributed by atoms with Gasteiger partial charge in [-0.1, -0.05) is 109 Å². The van der Waals surface area contributed by atoms with Crippen molar-refractivity contribution in [3.63, 3.8) is 0 Å². The average molecular weight is 528 g/mol. The summed E-state index contributed by atoms with van der Waals surface area (Å²) in [7, 11) is 0. The van der Waals surface area contributed by atoms with Gasteiger partial charge in [-0.2, -0.15) is 0 Å². The molecule has 2 heteroatoms. The first-order valence-electron chi connectivity index (χ1n) is 13.6. The Bertz CT molecular complexity index is 2180. The van der Waals surface area contributed by atoms with Crippen molar-refractivity contribution in [1.82, 2.24) is 0 Å². The second-order valence-electron chi connectivity index (χ2n) is 10.2. The van der Waals surface area contributed by atoms with Gasteiger partial charge < -0.3 is 4.90 Å². The maximum Gasteiger partial charge on any atom is 0.0555 e. The zero-order valence-corrected chi connectivity index (χ0v) is 22.6. The summed E-state index contributed by atoms with van der Waals surface area (Å²) in [4.78, 5) is 2.45. The second-order valence-corrected chi connectivity index (χ2v) is 11.3. The summed E-state index contributed by atoms with van der Waals surface area (Å²) in [6, 6.07) is 55.0. The van der Waals surface area contributed by atoms with E-state index in [0.717, 1.165) is 5.69 Å². The van der Waals surface area contributed by atoms with Gasteiger partial charge in [0.25, 0.3) is 0 Å². The van der Waals surface area contributed by atoms with E-state index in [0.29, 0.717) is 0 Å². The Hall–Kier alpha value is -4.92. The fraction of sp³-hybridized carbons (Fsp3) is 0. The Labute approximate surface area is 237 Å². The van der Waals surface area contributed by atoms with Crippen LogP contribution in [0.4, 0.5) is 17.1 Å². The smallest absolute Gasteiger partial charge is 0.0555 e. The number of benzene rings is 7. The molecule has 0 aliphatic carbocycles. The average Bonchev–Trinajstić information content (AvgIpc) is 3.41. The molecule has 7 aromatic carbocycles. The summed E-state index contributed by atoms with van der Waals surface area (Å²) in [6.07, 6.45) is 0. The van der Waals surface area contributed by atoms with Crippen LogP contribution in [0.15, 0.2) is 152 Å². The molecule has 0 saturated heterocycles. The molecule has 0 amide bonds. The van der Waals surface area contributed by atoms with Crippen LogP contribution in [0.2, 0.25) is 0 Å². The molecule has 40 heavy (non-hydrogen) atoms. The molecule has 0 fully saturated rings. The molecule has 0 aliphatic rings. The molecular formula is C38H25NS. The molecule has 0 bridgehead atoms. The van der Waals surface area contributed by atoms with E-state index in [1.807, 2.05) is 11.3 Å². The van der Waals surface area contributed by atoms with E-state index >= 15 is 0 Å². The predicted octanol–water partition coefficient (Wildman–Crippen LogP) is 11.5. The number of fused-ring (bicyclic) bond motifs is 5. The summed E-state index contributed by atoms with van der Waals surface area (Å²) in [6.45, 7) is 0. The van der Waals surface area contributed by atoms with Crippen LogP contribution in [-0.4, -0.2) is 0 Å². The van der Waals surface area contributed by atoms with E-state index in [9.17, 15) is 0 Å². The van der Waals surface area contributed by atoms with Crippen molar-refractivity contribution in [2.45, 2.75) is 0 Å². The van der Waals surface area contributed by atoms with Gasteiger partial charge in [0.1, 0.15) is 0 Å². The van der Waals surface area contributed by atoms with E-state index in [2.05, 4.69) is 157 Å². The standard InChI is InChI=1S/C38H25NS/c1-2-12-28-24-30(23-22-26(28)10-1)29-14-7-15-31(25-29)39(34-18-8-13-27-11-3-4-16-32(27)34)35-19-9-21-37-38(35)33-17-5-6-20-36(33)40-37/h1-25H. The molecule has 188 valence electrons. The van der Waals surface area contributed by atoms with Crippen molar-refractivity contribution in [1.29, 1.82) is 0 Å². The number of nitrogens with zero attached hydrogens (tertiary/aromatic N) is 1. The highest BCUT2D eigenvalue weighted by molar-refractivity contribution is 7.26. The minimum atomic E-state index is 1.14. The minimum Gasteiger partial charge on any atom is -0.309 e. The molecule has 0 spiro atoms. The second kappa shape index (κ2) is 9.37. The van der Waals surface area contributed by atoms with Crippen LogP contribution in [0.3, 0.4) is 0 Å². The van der Waals surface area contributed by atoms with Gasteiger partial charge in [-0.25, -0.2) is 0 Å². The molecule has 1 aromatic heterocycles. The summed E-state index contributed by atoms with van der Waals surface area (Å²) in [5.74, 6) is 0. The van der Waals surface area contributed by atoms with Gasteiger partial charge in [-0.15, -0.1) is 11.3 Å². The summed E-state index contributed by atoms with van der Waals surface area (Å²) in [5, 5.41) is 7.58. The summed E-state index contributed by atoms with van der Waals surface area (Å²) >= 11 is 1.86. The lowest BCUT2D eigenvalue weighted by Crippen LogP contribution is -2.11. The van der Waals surface area contributed by atoms with Gasteiger partial charge in [0.2, 0.25) is 0 Å². The highest BCUT2D eigenvalue weighted by Gasteiger charge is 2.20. The van der Waals surface area contributed by atoms with Crippen molar-refractivity contribution >= 4 is 70.1 Å². The summed E-state index contributed by atoms with van der Waals surface area (Å²) < 4.78 is 2.61. The van der Waals surface area contributed by atoms with E-state index in [4.69, 9.17) is 0 Å². The van der Waals surface area contributed by atoms with Gasteiger partial charge in [-0.3, -0.25) is 0 Å². The molecule has 0 radical (unpaired) electrons. The topological polar surface area (TPSA) is 3.24 Å². The van der Waals surface area contributed by atoms with Gasteiger partial charge in [-0.05, 0) is 69.8 Å². The first kappa shape index (κ1) is 23.0. The lowest BCUT2D eigenvalue weighted by Gasteiger charge is -2.28. The zero-order valence-electron chi connectivity index (χ0n) is 21.8. The van der Waals surface area contributed by atoms with Crippen LogP contribution >= 0.6 is 11.3 Å². The number of anilines is 3. The third-order valence-corrected chi connectivity index (χ3v) is 8.95. The van der Waals surface area contributed by atoms with Crippen molar-refractivity contribution in [2.75, 3.05) is 4.90 Å². The lowest BCUT2D eigenvalue weighted by molar-refractivity contribution is 1.32. The van der Waals surface area contributed by atoms with E-state index in [1.54, 1.807) is 0 Å². The van der Waals surface area contributed by atoms with Crippen molar-refractivity contribution in [2.24, 2.45) is 0 Å². The van der Waals surface area contributed by atoms with Crippen LogP contribution in [0.1, 0.15) is 0 Å². The Kier molecular flexibility index (Phi) is 5.39. The molecule has 1 nitrogen and oxygen atoms in total. The number of rotatable bonds is 4. The Morgan fingerprint density at radius 2 is 1.05 bits per heavy atom. The maximum absolute atomic E-state index is 2.45. The predicted molar refractivity (Wildman–Crippen MR) is 174 cm³/mol. The van der Waals surface area contributed by atoms with E-state index in [-0.39, 0.29) is 0 Å². The third kappa shape index (κ3) is 3.77. The first-order valence-corrected chi connectivity index (χ1v) is 14.4. The fourth-order valence-electron chi connectivity index (χ4n) is 5.95. The van der Waals surface area contributed by atoms with Crippen LogP contribution in [0.25, 0.3) is 52.8 Å². The molecule has 8 aromatic rings. The van der Waals surface area contributed by atoms with Gasteiger partial charge >= 0.3 is 0 Å². The van der Waals surface area contributed by atoms with Crippen molar-refractivity contribution in [3.05, 3.63) is 152 Å². The number of hydrogen-bond donors (Lipinski definition) is 0. The molecule has 0 unspecified atom stereocenters. The highest BCUT2D eigenvalue weighted by atomic mass is 32.1. The molecule has 0 saturated carbocycles. The third-order valence-electron chi connectivity index (χ3n) is 7.82.